The number of hydrogen-bond donors (Lipinski definition) is 0. The Balaban J connectivity index is 1.29. The lowest BCUT2D eigenvalue weighted by molar-refractivity contribution is 0.185. The zero-order chi connectivity index (χ0) is 21.8. The van der Waals surface area contributed by atoms with Crippen LogP contribution in [0.25, 0.3) is 33.4 Å². The van der Waals surface area contributed by atoms with Crippen LogP contribution in [0.15, 0.2) is 78.9 Å². The maximum absolute atomic E-state index is 5.98. The molecule has 3 aliphatic carbocycles. The van der Waals surface area contributed by atoms with Crippen LogP contribution < -0.4 is 0 Å². The van der Waals surface area contributed by atoms with Gasteiger partial charge in [0.15, 0.2) is 0 Å². The van der Waals surface area contributed by atoms with Gasteiger partial charge in [-0.1, -0.05) is 72.3 Å². The largest absolute Gasteiger partial charge is 0.380 e. The lowest BCUT2D eigenvalue weighted by Crippen LogP contribution is -2.25. The topological polar surface area (TPSA) is 9.23 Å². The quantitative estimate of drug-likeness (QED) is 0.308. The summed E-state index contributed by atoms with van der Waals surface area (Å²) in [5.74, 6) is 0. The SMILES string of the molecule is Cc1ccc2c(c1)C1(CC1)c1cc(-c3ccc4c(c3)C3(CCOC3)c3ccccc3-4)ccc1-2. The Kier molecular flexibility index (Phi) is 3.35. The second-order valence-corrected chi connectivity index (χ2v) is 10.6. The summed E-state index contributed by atoms with van der Waals surface area (Å²) in [5.41, 5.74) is 16.0. The van der Waals surface area contributed by atoms with Crippen LogP contribution in [-0.4, -0.2) is 13.2 Å². The van der Waals surface area contributed by atoms with Crippen molar-refractivity contribution in [3.8, 4) is 33.4 Å². The van der Waals surface area contributed by atoms with E-state index in [1.54, 1.807) is 11.1 Å². The van der Waals surface area contributed by atoms with Crippen molar-refractivity contribution in [1.82, 2.24) is 0 Å². The first-order chi connectivity index (χ1) is 16.2. The molecular weight excluding hydrogens is 400 g/mol. The zero-order valence-electron chi connectivity index (χ0n) is 18.9. The molecule has 2 spiro atoms. The van der Waals surface area contributed by atoms with Crippen molar-refractivity contribution in [2.45, 2.75) is 37.0 Å². The first kappa shape index (κ1) is 18.3. The zero-order valence-corrected chi connectivity index (χ0v) is 18.9. The fraction of sp³-hybridized carbons (Fsp3) is 0.250. The van der Waals surface area contributed by atoms with Gasteiger partial charge in [-0.2, -0.15) is 0 Å². The summed E-state index contributed by atoms with van der Waals surface area (Å²) in [5, 5.41) is 0. The maximum atomic E-state index is 5.98. The third kappa shape index (κ3) is 2.22. The van der Waals surface area contributed by atoms with Gasteiger partial charge in [0, 0.05) is 17.4 Å². The highest BCUT2D eigenvalue weighted by Gasteiger charge is 2.52. The van der Waals surface area contributed by atoms with Crippen molar-refractivity contribution in [3.05, 3.63) is 107 Å². The van der Waals surface area contributed by atoms with Crippen LogP contribution in [0.2, 0.25) is 0 Å². The molecule has 0 bridgehead atoms. The van der Waals surface area contributed by atoms with Gasteiger partial charge in [-0.05, 0) is 94.0 Å². The van der Waals surface area contributed by atoms with Crippen LogP contribution in [0.3, 0.4) is 0 Å². The maximum Gasteiger partial charge on any atom is 0.0605 e. The molecule has 1 aliphatic heterocycles. The minimum Gasteiger partial charge on any atom is -0.380 e. The molecule has 1 heterocycles. The minimum atomic E-state index is 0.0180. The molecule has 160 valence electrons. The fourth-order valence-electron chi connectivity index (χ4n) is 7.08. The molecule has 0 N–H and O–H groups in total. The predicted octanol–water partition coefficient (Wildman–Crippen LogP) is 7.41. The molecule has 4 aromatic rings. The van der Waals surface area contributed by atoms with E-state index in [-0.39, 0.29) is 10.8 Å². The summed E-state index contributed by atoms with van der Waals surface area (Å²) in [4.78, 5) is 0. The Morgan fingerprint density at radius 1 is 0.576 bits per heavy atom. The Hall–Kier alpha value is -3.16. The number of ether oxygens (including phenoxy) is 1. The molecule has 8 rings (SSSR count). The monoisotopic (exact) mass is 426 g/mol. The van der Waals surface area contributed by atoms with Crippen LogP contribution in [-0.2, 0) is 15.6 Å². The summed E-state index contributed by atoms with van der Waals surface area (Å²) < 4.78 is 5.98. The highest BCUT2D eigenvalue weighted by atomic mass is 16.5. The molecule has 1 saturated carbocycles. The Labute approximate surface area is 195 Å². The molecule has 4 aliphatic rings. The average Bonchev–Trinajstić information content (AvgIpc) is 3.32. The van der Waals surface area contributed by atoms with Crippen molar-refractivity contribution in [1.29, 1.82) is 0 Å². The van der Waals surface area contributed by atoms with Crippen LogP contribution in [0.4, 0.5) is 0 Å². The van der Waals surface area contributed by atoms with Gasteiger partial charge in [-0.15, -0.1) is 0 Å². The van der Waals surface area contributed by atoms with E-state index in [9.17, 15) is 0 Å². The van der Waals surface area contributed by atoms with E-state index >= 15 is 0 Å². The number of rotatable bonds is 1. The molecule has 0 radical (unpaired) electrons. The molecular formula is C32H26O. The molecule has 33 heavy (non-hydrogen) atoms. The van der Waals surface area contributed by atoms with Crippen molar-refractivity contribution in [2.75, 3.05) is 13.2 Å². The van der Waals surface area contributed by atoms with Gasteiger partial charge in [0.2, 0.25) is 0 Å². The first-order valence-corrected chi connectivity index (χ1v) is 12.3. The normalized spacial score (nSPS) is 22.3. The molecule has 1 heteroatoms. The molecule has 0 aromatic heterocycles. The van der Waals surface area contributed by atoms with Gasteiger partial charge in [0.05, 0.1) is 6.61 Å². The smallest absolute Gasteiger partial charge is 0.0605 e. The molecule has 1 saturated heterocycles. The standard InChI is InChI=1S/C32H26O/c1-20-6-9-24-26-11-8-21(17-29(26)31(12-13-31)28(24)16-20)22-7-10-25-23-4-2-3-5-27(23)32(30(25)18-22)14-15-33-19-32/h2-11,16-18H,12-15,19H2,1H3. The van der Waals surface area contributed by atoms with E-state index < -0.39 is 0 Å². The van der Waals surface area contributed by atoms with E-state index in [0.29, 0.717) is 0 Å². The number of benzene rings is 4. The van der Waals surface area contributed by atoms with Crippen molar-refractivity contribution in [2.24, 2.45) is 0 Å². The van der Waals surface area contributed by atoms with E-state index in [4.69, 9.17) is 4.74 Å². The summed E-state index contributed by atoms with van der Waals surface area (Å²) in [6.07, 6.45) is 3.63. The van der Waals surface area contributed by atoms with Gasteiger partial charge >= 0.3 is 0 Å². The van der Waals surface area contributed by atoms with Crippen molar-refractivity contribution in [3.63, 3.8) is 0 Å². The molecule has 2 fully saturated rings. The highest BCUT2D eigenvalue weighted by Crippen LogP contribution is 2.63. The summed E-state index contributed by atoms with van der Waals surface area (Å²) in [6, 6.07) is 30.4. The predicted molar refractivity (Wildman–Crippen MR) is 134 cm³/mol. The molecule has 1 nitrogen and oxygen atoms in total. The molecule has 0 amide bonds. The van der Waals surface area contributed by atoms with Gasteiger partial charge in [-0.25, -0.2) is 0 Å². The Morgan fingerprint density at radius 2 is 1.18 bits per heavy atom. The highest BCUT2D eigenvalue weighted by molar-refractivity contribution is 5.87. The molecule has 1 atom stereocenters. The van der Waals surface area contributed by atoms with E-state index in [1.807, 2.05) is 0 Å². The van der Waals surface area contributed by atoms with Crippen LogP contribution in [0.5, 0.6) is 0 Å². The van der Waals surface area contributed by atoms with Crippen molar-refractivity contribution < 1.29 is 4.74 Å². The van der Waals surface area contributed by atoms with E-state index in [1.165, 1.54) is 62.9 Å². The van der Waals surface area contributed by atoms with Gasteiger partial charge in [0.1, 0.15) is 0 Å². The Bertz CT molecular complexity index is 1480. The number of fused-ring (bicyclic) bond motifs is 10. The number of aryl methyl sites for hydroxylation is 1. The lowest BCUT2D eigenvalue weighted by atomic mass is 9.77. The molecule has 1 unspecified atom stereocenters. The fourth-order valence-corrected chi connectivity index (χ4v) is 7.08. The second-order valence-electron chi connectivity index (χ2n) is 10.6. The summed E-state index contributed by atoms with van der Waals surface area (Å²) >= 11 is 0. The summed E-state index contributed by atoms with van der Waals surface area (Å²) in [6.45, 7) is 3.86. The van der Waals surface area contributed by atoms with Gasteiger partial charge in [0.25, 0.3) is 0 Å². The lowest BCUT2D eigenvalue weighted by Gasteiger charge is -2.25. The van der Waals surface area contributed by atoms with Crippen LogP contribution in [0.1, 0.15) is 47.1 Å². The van der Waals surface area contributed by atoms with Gasteiger partial charge < -0.3 is 4.74 Å². The van der Waals surface area contributed by atoms with Crippen molar-refractivity contribution >= 4 is 0 Å². The van der Waals surface area contributed by atoms with Crippen LogP contribution in [0, 0.1) is 6.92 Å². The third-order valence-corrected chi connectivity index (χ3v) is 8.89. The molecule has 4 aromatic carbocycles. The Morgan fingerprint density at radius 3 is 1.85 bits per heavy atom. The van der Waals surface area contributed by atoms with E-state index in [0.717, 1.165) is 19.6 Å². The average molecular weight is 427 g/mol. The van der Waals surface area contributed by atoms with E-state index in [2.05, 4.69) is 85.8 Å². The van der Waals surface area contributed by atoms with Gasteiger partial charge in [-0.3, -0.25) is 0 Å². The summed E-state index contributed by atoms with van der Waals surface area (Å²) in [7, 11) is 0. The third-order valence-electron chi connectivity index (χ3n) is 8.89. The number of hydrogen-bond acceptors (Lipinski definition) is 1. The first-order valence-electron chi connectivity index (χ1n) is 12.3. The van der Waals surface area contributed by atoms with Crippen LogP contribution >= 0.6 is 0 Å². The second kappa shape index (κ2) is 6.04. The minimum absolute atomic E-state index is 0.0180.